The molecule has 2 heterocycles. The quantitative estimate of drug-likeness (QED) is 0.650. The van der Waals surface area contributed by atoms with Crippen molar-refractivity contribution in [3.8, 4) is 0 Å². The van der Waals surface area contributed by atoms with Gasteiger partial charge in [0.25, 0.3) is 0 Å². The fourth-order valence-electron chi connectivity index (χ4n) is 2.86. The summed E-state index contributed by atoms with van der Waals surface area (Å²) in [6.07, 6.45) is 3.77. The van der Waals surface area contributed by atoms with Crippen LogP contribution in [0.3, 0.4) is 0 Å². The Morgan fingerprint density at radius 1 is 1.47 bits per heavy atom. The Morgan fingerprint density at radius 2 is 2.37 bits per heavy atom. The minimum atomic E-state index is 0.342. The summed E-state index contributed by atoms with van der Waals surface area (Å²) in [7, 11) is 1.85. The minimum Gasteiger partial charge on any atom is -0.376 e. The van der Waals surface area contributed by atoms with Crippen LogP contribution in [-0.4, -0.2) is 38.8 Å². The van der Waals surface area contributed by atoms with E-state index in [1.165, 1.54) is 17.7 Å². The highest BCUT2D eigenvalue weighted by Crippen LogP contribution is 2.27. The zero-order chi connectivity index (χ0) is 13.1. The van der Waals surface area contributed by atoms with Crippen molar-refractivity contribution in [3.05, 3.63) is 29.8 Å². The van der Waals surface area contributed by atoms with Crippen molar-refractivity contribution in [2.75, 3.05) is 31.6 Å². The molecule has 4 nitrogen and oxygen atoms in total. The highest BCUT2D eigenvalue weighted by molar-refractivity contribution is 5.97. The van der Waals surface area contributed by atoms with Crippen LogP contribution < -0.4 is 10.2 Å². The van der Waals surface area contributed by atoms with Crippen LogP contribution in [0.1, 0.15) is 18.4 Å². The lowest BCUT2D eigenvalue weighted by molar-refractivity contribution is 0.114. The second-order valence-electron chi connectivity index (χ2n) is 5.09. The molecule has 0 radical (unpaired) electrons. The largest absolute Gasteiger partial charge is 0.376 e. The lowest BCUT2D eigenvalue weighted by Gasteiger charge is -2.23. The van der Waals surface area contributed by atoms with E-state index >= 15 is 0 Å². The summed E-state index contributed by atoms with van der Waals surface area (Å²) in [6.45, 7) is 2.76. The first-order valence-corrected chi connectivity index (χ1v) is 7.06. The first-order chi connectivity index (χ1) is 9.38. The molecule has 1 aromatic rings. The van der Waals surface area contributed by atoms with E-state index in [-0.39, 0.29) is 0 Å². The number of nitrogens with one attached hydrogen (secondary N) is 1. The highest BCUT2D eigenvalue weighted by atomic mass is 16.5. The third kappa shape index (κ3) is 2.59. The van der Waals surface area contributed by atoms with Crippen LogP contribution in [0.2, 0.25) is 0 Å². The molecule has 0 aliphatic carbocycles. The molecule has 102 valence electrons. The maximum Gasteiger partial charge on any atom is 0.198 e. The highest BCUT2D eigenvalue weighted by Gasteiger charge is 2.23. The SMILES string of the molecule is CN=C(NCC1CCCO1)N1CCc2ccccc21. The Labute approximate surface area is 114 Å². The van der Waals surface area contributed by atoms with Crippen LogP contribution in [0.5, 0.6) is 0 Å². The van der Waals surface area contributed by atoms with E-state index in [1.54, 1.807) is 0 Å². The summed E-state index contributed by atoms with van der Waals surface area (Å²) >= 11 is 0. The number of rotatable bonds is 2. The lowest BCUT2D eigenvalue weighted by atomic mass is 10.2. The number of benzene rings is 1. The summed E-state index contributed by atoms with van der Waals surface area (Å²) < 4.78 is 5.64. The number of ether oxygens (including phenoxy) is 1. The summed E-state index contributed by atoms with van der Waals surface area (Å²) in [5, 5.41) is 3.45. The van der Waals surface area contributed by atoms with E-state index in [4.69, 9.17) is 4.74 Å². The topological polar surface area (TPSA) is 36.9 Å². The average molecular weight is 259 g/mol. The Morgan fingerprint density at radius 3 is 3.16 bits per heavy atom. The van der Waals surface area contributed by atoms with Crippen LogP contribution in [0.25, 0.3) is 0 Å². The lowest BCUT2D eigenvalue weighted by Crippen LogP contribution is -2.43. The van der Waals surface area contributed by atoms with Crippen molar-refractivity contribution in [2.45, 2.75) is 25.4 Å². The van der Waals surface area contributed by atoms with E-state index in [0.717, 1.165) is 38.5 Å². The van der Waals surface area contributed by atoms with Crippen molar-refractivity contribution in [2.24, 2.45) is 4.99 Å². The first kappa shape index (κ1) is 12.5. The predicted molar refractivity (Wildman–Crippen MR) is 77.8 cm³/mol. The maximum atomic E-state index is 5.64. The number of fused-ring (bicyclic) bond motifs is 1. The van der Waals surface area contributed by atoms with Crippen LogP contribution in [0.15, 0.2) is 29.3 Å². The zero-order valence-electron chi connectivity index (χ0n) is 11.4. The first-order valence-electron chi connectivity index (χ1n) is 7.06. The fourth-order valence-corrected chi connectivity index (χ4v) is 2.86. The van der Waals surface area contributed by atoms with Crippen molar-refractivity contribution < 1.29 is 4.74 Å². The fraction of sp³-hybridized carbons (Fsp3) is 0.533. The predicted octanol–water partition coefficient (Wildman–Crippen LogP) is 1.80. The van der Waals surface area contributed by atoms with Gasteiger partial charge in [-0.1, -0.05) is 18.2 Å². The maximum absolute atomic E-state index is 5.64. The molecule has 19 heavy (non-hydrogen) atoms. The third-order valence-corrected chi connectivity index (χ3v) is 3.87. The molecule has 1 atom stereocenters. The van der Waals surface area contributed by atoms with Gasteiger partial charge in [-0.2, -0.15) is 0 Å². The Kier molecular flexibility index (Phi) is 3.69. The van der Waals surface area contributed by atoms with Gasteiger partial charge in [0.2, 0.25) is 0 Å². The zero-order valence-corrected chi connectivity index (χ0v) is 11.4. The molecule has 1 aromatic carbocycles. The van der Waals surface area contributed by atoms with Gasteiger partial charge in [0.15, 0.2) is 5.96 Å². The summed E-state index contributed by atoms with van der Waals surface area (Å²) in [4.78, 5) is 6.67. The van der Waals surface area contributed by atoms with Gasteiger partial charge in [0, 0.05) is 32.4 Å². The number of nitrogens with zero attached hydrogens (tertiary/aromatic N) is 2. The molecule has 0 aromatic heterocycles. The second kappa shape index (κ2) is 5.61. The molecular weight excluding hydrogens is 238 g/mol. The van der Waals surface area contributed by atoms with E-state index in [0.29, 0.717) is 6.10 Å². The number of hydrogen-bond donors (Lipinski definition) is 1. The summed E-state index contributed by atoms with van der Waals surface area (Å²) in [5.41, 5.74) is 2.69. The molecule has 1 unspecified atom stereocenters. The van der Waals surface area contributed by atoms with Crippen LogP contribution >= 0.6 is 0 Å². The molecule has 1 N–H and O–H groups in total. The average Bonchev–Trinajstić information content (AvgIpc) is 3.09. The van der Waals surface area contributed by atoms with E-state index in [9.17, 15) is 0 Å². The second-order valence-corrected chi connectivity index (χ2v) is 5.09. The minimum absolute atomic E-state index is 0.342. The molecule has 0 spiro atoms. The van der Waals surface area contributed by atoms with E-state index < -0.39 is 0 Å². The molecule has 3 rings (SSSR count). The van der Waals surface area contributed by atoms with Crippen LogP contribution in [0.4, 0.5) is 5.69 Å². The van der Waals surface area contributed by atoms with Crippen molar-refractivity contribution >= 4 is 11.6 Å². The summed E-state index contributed by atoms with van der Waals surface area (Å²) in [5.74, 6) is 0.959. The molecule has 2 aliphatic rings. The third-order valence-electron chi connectivity index (χ3n) is 3.87. The van der Waals surface area contributed by atoms with Crippen molar-refractivity contribution in [1.82, 2.24) is 5.32 Å². The van der Waals surface area contributed by atoms with Crippen molar-refractivity contribution in [3.63, 3.8) is 0 Å². The smallest absolute Gasteiger partial charge is 0.198 e. The van der Waals surface area contributed by atoms with Gasteiger partial charge in [0.1, 0.15) is 0 Å². The van der Waals surface area contributed by atoms with Crippen LogP contribution in [-0.2, 0) is 11.2 Å². The molecule has 1 saturated heterocycles. The van der Waals surface area contributed by atoms with Gasteiger partial charge in [-0.05, 0) is 30.9 Å². The Bertz CT molecular complexity index is 466. The molecule has 0 saturated carbocycles. The molecular formula is C15H21N3O. The van der Waals surface area contributed by atoms with Crippen LogP contribution in [0, 0.1) is 0 Å². The Balaban J connectivity index is 1.66. The van der Waals surface area contributed by atoms with Gasteiger partial charge >= 0.3 is 0 Å². The number of aliphatic imine (C=N–C) groups is 1. The van der Waals surface area contributed by atoms with Gasteiger partial charge in [-0.15, -0.1) is 0 Å². The van der Waals surface area contributed by atoms with E-state index in [2.05, 4.69) is 39.5 Å². The standard InChI is InChI=1S/C15H21N3O/c1-16-15(17-11-13-6-4-10-19-13)18-9-8-12-5-2-3-7-14(12)18/h2-3,5,7,13H,4,6,8-11H2,1H3,(H,16,17). The molecule has 0 bridgehead atoms. The molecule has 4 heteroatoms. The van der Waals surface area contributed by atoms with E-state index in [1.807, 2.05) is 7.05 Å². The molecule has 2 aliphatic heterocycles. The number of anilines is 1. The summed E-state index contributed by atoms with van der Waals surface area (Å²) in [6, 6.07) is 8.55. The molecule has 1 fully saturated rings. The Hall–Kier alpha value is -1.55. The number of para-hydroxylation sites is 1. The normalized spacial score (nSPS) is 22.7. The van der Waals surface area contributed by atoms with Gasteiger partial charge in [-0.3, -0.25) is 4.99 Å². The van der Waals surface area contributed by atoms with Gasteiger partial charge in [0.05, 0.1) is 6.10 Å². The monoisotopic (exact) mass is 259 g/mol. The van der Waals surface area contributed by atoms with Gasteiger partial charge in [-0.25, -0.2) is 0 Å². The number of guanidine groups is 1. The van der Waals surface area contributed by atoms with Gasteiger partial charge < -0.3 is 15.0 Å². The molecule has 0 amide bonds. The van der Waals surface area contributed by atoms with Crippen molar-refractivity contribution in [1.29, 1.82) is 0 Å². The number of hydrogen-bond acceptors (Lipinski definition) is 2.